The van der Waals surface area contributed by atoms with Crippen molar-refractivity contribution in [3.8, 4) is 0 Å². The average molecular weight is 301 g/mol. The van der Waals surface area contributed by atoms with Gasteiger partial charge in [0, 0.05) is 12.3 Å². The first-order valence-corrected chi connectivity index (χ1v) is 7.77. The van der Waals surface area contributed by atoms with Crippen LogP contribution in [0.15, 0.2) is 22.5 Å². The number of aromatic nitrogens is 3. The van der Waals surface area contributed by atoms with Gasteiger partial charge in [0.15, 0.2) is 4.34 Å². The highest BCUT2D eigenvalue weighted by Gasteiger charge is 2.05. The second-order valence-electron chi connectivity index (χ2n) is 3.54. The van der Waals surface area contributed by atoms with Crippen LogP contribution in [0.5, 0.6) is 0 Å². The summed E-state index contributed by atoms with van der Waals surface area (Å²) < 4.78 is 0.940. The minimum atomic E-state index is 0.524. The second kappa shape index (κ2) is 6.92. The Labute approximate surface area is 119 Å². The van der Waals surface area contributed by atoms with Crippen molar-refractivity contribution in [2.75, 3.05) is 11.9 Å². The minimum absolute atomic E-state index is 0.524. The van der Waals surface area contributed by atoms with Gasteiger partial charge in [-0.3, -0.25) is 0 Å². The van der Waals surface area contributed by atoms with E-state index < -0.39 is 0 Å². The molecule has 0 bridgehead atoms. The molecule has 2 aromatic rings. The van der Waals surface area contributed by atoms with Crippen LogP contribution in [-0.4, -0.2) is 21.7 Å². The summed E-state index contributed by atoms with van der Waals surface area (Å²) in [5, 5.41) is 12.8. The van der Waals surface area contributed by atoms with E-state index in [4.69, 9.17) is 11.6 Å². The number of nitrogens with one attached hydrogen (secondary N) is 1. The third-order valence-electron chi connectivity index (χ3n) is 2.05. The molecule has 0 atom stereocenters. The van der Waals surface area contributed by atoms with Crippen LogP contribution in [0.25, 0.3) is 0 Å². The van der Waals surface area contributed by atoms with E-state index in [1.54, 1.807) is 29.2 Å². The van der Waals surface area contributed by atoms with Gasteiger partial charge in [-0.25, -0.2) is 4.98 Å². The summed E-state index contributed by atoms with van der Waals surface area (Å²) in [7, 11) is 0. The molecule has 96 valence electrons. The number of halogens is 1. The van der Waals surface area contributed by atoms with Crippen molar-refractivity contribution in [3.63, 3.8) is 0 Å². The number of thioether (sulfide) groups is 1. The standard InChI is InChI=1S/C11H13ClN4S2/c1-2-6-13-10-15-16-11(18-10)17-7-8-4-3-5-9(12)14-8/h3-5H,2,6-7H2,1H3,(H,13,15). The van der Waals surface area contributed by atoms with E-state index in [1.807, 2.05) is 12.1 Å². The Hall–Kier alpha value is -0.850. The number of hydrogen-bond donors (Lipinski definition) is 1. The lowest BCUT2D eigenvalue weighted by atomic mass is 10.4. The van der Waals surface area contributed by atoms with Crippen molar-refractivity contribution < 1.29 is 0 Å². The quantitative estimate of drug-likeness (QED) is 0.651. The van der Waals surface area contributed by atoms with Gasteiger partial charge in [-0.2, -0.15) is 0 Å². The van der Waals surface area contributed by atoms with E-state index in [1.165, 1.54) is 0 Å². The lowest BCUT2D eigenvalue weighted by Crippen LogP contribution is -1.98. The predicted molar refractivity (Wildman–Crippen MR) is 77.5 cm³/mol. The molecule has 0 radical (unpaired) electrons. The van der Waals surface area contributed by atoms with Gasteiger partial charge >= 0.3 is 0 Å². The van der Waals surface area contributed by atoms with Crippen molar-refractivity contribution in [2.24, 2.45) is 0 Å². The smallest absolute Gasteiger partial charge is 0.206 e. The first-order valence-electron chi connectivity index (χ1n) is 5.59. The molecule has 0 fully saturated rings. The molecule has 0 saturated heterocycles. The molecule has 0 aliphatic carbocycles. The second-order valence-corrected chi connectivity index (χ2v) is 6.13. The predicted octanol–water partition coefficient (Wildman–Crippen LogP) is 3.70. The highest BCUT2D eigenvalue weighted by atomic mass is 35.5. The van der Waals surface area contributed by atoms with Crippen LogP contribution < -0.4 is 5.32 Å². The largest absolute Gasteiger partial charge is 0.360 e. The molecule has 2 rings (SSSR count). The fraction of sp³-hybridized carbons (Fsp3) is 0.364. The molecule has 18 heavy (non-hydrogen) atoms. The summed E-state index contributed by atoms with van der Waals surface area (Å²) in [5.41, 5.74) is 0.950. The SMILES string of the molecule is CCCNc1nnc(SCc2cccc(Cl)n2)s1. The van der Waals surface area contributed by atoms with Crippen LogP contribution in [0.1, 0.15) is 19.0 Å². The van der Waals surface area contributed by atoms with Crippen molar-refractivity contribution in [2.45, 2.75) is 23.4 Å². The molecule has 1 N–H and O–H groups in total. The Bertz CT molecular complexity index is 503. The third-order valence-corrected chi connectivity index (χ3v) is 4.31. The molecular formula is C11H13ClN4S2. The average Bonchev–Trinajstić information content (AvgIpc) is 2.82. The maximum absolute atomic E-state index is 5.83. The topological polar surface area (TPSA) is 50.7 Å². The number of anilines is 1. The molecule has 0 aliphatic heterocycles. The molecular weight excluding hydrogens is 288 g/mol. The van der Waals surface area contributed by atoms with Gasteiger partial charge < -0.3 is 5.32 Å². The Morgan fingerprint density at radius 3 is 3.06 bits per heavy atom. The lowest BCUT2D eigenvalue weighted by molar-refractivity contribution is 0.951. The van der Waals surface area contributed by atoms with Crippen molar-refractivity contribution in [1.29, 1.82) is 0 Å². The fourth-order valence-corrected chi connectivity index (χ4v) is 3.10. The summed E-state index contributed by atoms with van der Waals surface area (Å²) in [6, 6.07) is 5.63. The Morgan fingerprint density at radius 1 is 1.39 bits per heavy atom. The summed E-state index contributed by atoms with van der Waals surface area (Å²) in [4.78, 5) is 4.23. The molecule has 0 saturated carbocycles. The number of pyridine rings is 1. The van der Waals surface area contributed by atoms with E-state index in [2.05, 4.69) is 27.4 Å². The van der Waals surface area contributed by atoms with Gasteiger partial charge in [0.2, 0.25) is 5.13 Å². The number of rotatable bonds is 6. The molecule has 7 heteroatoms. The monoisotopic (exact) mass is 300 g/mol. The van der Waals surface area contributed by atoms with Crippen molar-refractivity contribution >= 4 is 39.8 Å². The molecule has 2 heterocycles. The molecule has 0 amide bonds. The third kappa shape index (κ3) is 4.12. The molecule has 4 nitrogen and oxygen atoms in total. The van der Waals surface area contributed by atoms with E-state index in [0.29, 0.717) is 5.15 Å². The Kier molecular flexibility index (Phi) is 5.22. The Balaban J connectivity index is 1.88. The minimum Gasteiger partial charge on any atom is -0.360 e. The van der Waals surface area contributed by atoms with E-state index in [9.17, 15) is 0 Å². The summed E-state index contributed by atoms with van der Waals surface area (Å²) in [6.45, 7) is 3.05. The van der Waals surface area contributed by atoms with Crippen LogP contribution in [0, 0.1) is 0 Å². The molecule has 0 aromatic carbocycles. The molecule has 0 spiro atoms. The summed E-state index contributed by atoms with van der Waals surface area (Å²) >= 11 is 9.02. The zero-order valence-electron chi connectivity index (χ0n) is 9.89. The summed E-state index contributed by atoms with van der Waals surface area (Å²) in [5.74, 6) is 0.753. The highest BCUT2D eigenvalue weighted by molar-refractivity contribution is 8.00. The summed E-state index contributed by atoms with van der Waals surface area (Å²) in [6.07, 6.45) is 1.08. The zero-order chi connectivity index (χ0) is 12.8. The van der Waals surface area contributed by atoms with Crippen LogP contribution in [0.3, 0.4) is 0 Å². The maximum Gasteiger partial charge on any atom is 0.206 e. The van der Waals surface area contributed by atoms with Crippen molar-refractivity contribution in [3.05, 3.63) is 29.0 Å². The van der Waals surface area contributed by atoms with Gasteiger partial charge in [0.25, 0.3) is 0 Å². The van der Waals surface area contributed by atoms with E-state index in [0.717, 1.165) is 33.9 Å². The van der Waals surface area contributed by atoms with Crippen molar-refractivity contribution in [1.82, 2.24) is 15.2 Å². The van der Waals surface area contributed by atoms with Gasteiger partial charge in [-0.15, -0.1) is 10.2 Å². The van der Waals surface area contributed by atoms with E-state index >= 15 is 0 Å². The number of nitrogens with zero attached hydrogens (tertiary/aromatic N) is 3. The van der Waals surface area contributed by atoms with Crippen LogP contribution in [0.2, 0.25) is 5.15 Å². The number of hydrogen-bond acceptors (Lipinski definition) is 6. The van der Waals surface area contributed by atoms with Gasteiger partial charge in [-0.05, 0) is 18.6 Å². The van der Waals surface area contributed by atoms with Crippen LogP contribution in [0.4, 0.5) is 5.13 Å². The fourth-order valence-electron chi connectivity index (χ4n) is 1.24. The molecule has 2 aromatic heterocycles. The van der Waals surface area contributed by atoms with Crippen LogP contribution >= 0.6 is 34.7 Å². The van der Waals surface area contributed by atoms with Gasteiger partial charge in [0.1, 0.15) is 5.15 Å². The first-order chi connectivity index (χ1) is 8.78. The van der Waals surface area contributed by atoms with Gasteiger partial charge in [0.05, 0.1) is 5.69 Å². The maximum atomic E-state index is 5.83. The zero-order valence-corrected chi connectivity index (χ0v) is 12.3. The van der Waals surface area contributed by atoms with Gasteiger partial charge in [-0.1, -0.05) is 47.7 Å². The normalized spacial score (nSPS) is 10.6. The van der Waals surface area contributed by atoms with Crippen LogP contribution in [-0.2, 0) is 5.75 Å². The Morgan fingerprint density at radius 2 is 2.28 bits per heavy atom. The lowest BCUT2D eigenvalue weighted by Gasteiger charge is -1.98. The highest BCUT2D eigenvalue weighted by Crippen LogP contribution is 2.27. The first kappa shape index (κ1) is 13.6. The molecule has 0 unspecified atom stereocenters. The molecule has 0 aliphatic rings. The van der Waals surface area contributed by atoms with E-state index in [-0.39, 0.29) is 0 Å².